The molecule has 0 atom stereocenters. The summed E-state index contributed by atoms with van der Waals surface area (Å²) in [5.41, 5.74) is 5.47. The Hall–Kier alpha value is -2.27. The third kappa shape index (κ3) is 3.14. The summed E-state index contributed by atoms with van der Waals surface area (Å²) in [7, 11) is 2.07. The van der Waals surface area contributed by atoms with Crippen LogP contribution in [-0.4, -0.2) is 7.05 Å². The van der Waals surface area contributed by atoms with Crippen molar-refractivity contribution in [3.05, 3.63) is 64.7 Å². The van der Waals surface area contributed by atoms with Crippen LogP contribution in [0.1, 0.15) is 22.3 Å². The minimum Gasteiger partial charge on any atom is -0.370 e. The van der Waals surface area contributed by atoms with Crippen LogP contribution in [-0.2, 0) is 6.54 Å². The zero-order chi connectivity index (χ0) is 13.8. The van der Waals surface area contributed by atoms with Crippen molar-refractivity contribution in [1.82, 2.24) is 0 Å². The van der Waals surface area contributed by atoms with Crippen LogP contribution in [0.15, 0.2) is 42.5 Å². The standard InChI is InChI=1S/C17H18N2/c1-13-4-6-15(7-5-13)12-19(3)17-9-8-16(11-18)14(2)10-17/h4-10H,12H2,1-3H3. The summed E-state index contributed by atoms with van der Waals surface area (Å²) in [4.78, 5) is 2.19. The molecule has 2 rings (SSSR count). The Labute approximate surface area is 114 Å². The highest BCUT2D eigenvalue weighted by Gasteiger charge is 2.04. The van der Waals surface area contributed by atoms with Crippen molar-refractivity contribution in [2.75, 3.05) is 11.9 Å². The summed E-state index contributed by atoms with van der Waals surface area (Å²) in [6.45, 7) is 4.94. The molecule has 2 heteroatoms. The Bertz CT molecular complexity index is 606. The molecule has 0 aromatic heterocycles. The Morgan fingerprint density at radius 2 is 1.74 bits per heavy atom. The zero-order valence-electron chi connectivity index (χ0n) is 11.6. The van der Waals surface area contributed by atoms with Gasteiger partial charge in [-0.15, -0.1) is 0 Å². The Balaban J connectivity index is 2.16. The average molecular weight is 250 g/mol. The molecule has 0 aliphatic heterocycles. The molecule has 2 aromatic carbocycles. The van der Waals surface area contributed by atoms with E-state index in [1.54, 1.807) is 0 Å². The molecule has 0 fully saturated rings. The van der Waals surface area contributed by atoms with E-state index in [0.717, 1.165) is 23.4 Å². The Morgan fingerprint density at radius 1 is 1.05 bits per heavy atom. The van der Waals surface area contributed by atoms with Crippen LogP contribution in [0, 0.1) is 25.2 Å². The smallest absolute Gasteiger partial charge is 0.0994 e. The molecule has 2 aromatic rings. The number of benzene rings is 2. The van der Waals surface area contributed by atoms with Crippen LogP contribution in [0.4, 0.5) is 5.69 Å². The molecule has 0 heterocycles. The van der Waals surface area contributed by atoms with Gasteiger partial charge in [0.05, 0.1) is 11.6 Å². The Kier molecular flexibility index (Phi) is 3.87. The normalized spacial score (nSPS) is 10.0. The number of hydrogen-bond donors (Lipinski definition) is 0. The number of aryl methyl sites for hydroxylation is 2. The molecule has 0 spiro atoms. The molecule has 0 bridgehead atoms. The molecule has 0 amide bonds. The van der Waals surface area contributed by atoms with Gasteiger partial charge in [-0.2, -0.15) is 5.26 Å². The molecule has 0 unspecified atom stereocenters. The molecular formula is C17H18N2. The van der Waals surface area contributed by atoms with Gasteiger partial charge in [-0.1, -0.05) is 29.8 Å². The highest BCUT2D eigenvalue weighted by molar-refractivity contribution is 5.53. The maximum Gasteiger partial charge on any atom is 0.0994 e. The van der Waals surface area contributed by atoms with Crippen molar-refractivity contribution in [1.29, 1.82) is 5.26 Å². The highest BCUT2D eigenvalue weighted by Crippen LogP contribution is 2.19. The van der Waals surface area contributed by atoms with Crippen molar-refractivity contribution >= 4 is 5.69 Å². The molecule has 0 saturated heterocycles. The van der Waals surface area contributed by atoms with Gasteiger partial charge in [0.2, 0.25) is 0 Å². The summed E-state index contributed by atoms with van der Waals surface area (Å²) in [5.74, 6) is 0. The quantitative estimate of drug-likeness (QED) is 0.828. The third-order valence-electron chi connectivity index (χ3n) is 3.31. The number of rotatable bonds is 3. The van der Waals surface area contributed by atoms with Crippen molar-refractivity contribution in [3.63, 3.8) is 0 Å². The lowest BCUT2D eigenvalue weighted by molar-refractivity contribution is 0.921. The first-order valence-electron chi connectivity index (χ1n) is 6.37. The minimum absolute atomic E-state index is 0.743. The van der Waals surface area contributed by atoms with E-state index in [2.05, 4.69) is 55.3 Å². The maximum atomic E-state index is 8.95. The fraction of sp³-hybridized carbons (Fsp3) is 0.235. The van der Waals surface area contributed by atoms with Gasteiger partial charge in [0.25, 0.3) is 0 Å². The molecule has 0 saturated carbocycles. The van der Waals surface area contributed by atoms with Crippen LogP contribution in [0.3, 0.4) is 0 Å². The number of anilines is 1. The summed E-state index contributed by atoms with van der Waals surface area (Å²) >= 11 is 0. The number of hydrogen-bond acceptors (Lipinski definition) is 2. The molecule has 0 N–H and O–H groups in total. The summed E-state index contributed by atoms with van der Waals surface area (Å²) in [5, 5.41) is 8.95. The average Bonchev–Trinajstić information content (AvgIpc) is 2.41. The van der Waals surface area contributed by atoms with Crippen LogP contribution < -0.4 is 4.90 Å². The molecule has 2 nitrogen and oxygen atoms in total. The second-order valence-corrected chi connectivity index (χ2v) is 4.95. The first kappa shape index (κ1) is 13.2. The largest absolute Gasteiger partial charge is 0.370 e. The first-order valence-corrected chi connectivity index (χ1v) is 6.37. The predicted molar refractivity (Wildman–Crippen MR) is 79.2 cm³/mol. The van der Waals surface area contributed by atoms with Gasteiger partial charge in [0.1, 0.15) is 0 Å². The highest BCUT2D eigenvalue weighted by atomic mass is 15.1. The van der Waals surface area contributed by atoms with Crippen LogP contribution in [0.2, 0.25) is 0 Å². The van der Waals surface area contributed by atoms with E-state index in [-0.39, 0.29) is 0 Å². The van der Waals surface area contributed by atoms with Gasteiger partial charge in [-0.25, -0.2) is 0 Å². The van der Waals surface area contributed by atoms with Crippen LogP contribution in [0.5, 0.6) is 0 Å². The maximum absolute atomic E-state index is 8.95. The van der Waals surface area contributed by atoms with Crippen molar-refractivity contribution in [2.24, 2.45) is 0 Å². The summed E-state index contributed by atoms with van der Waals surface area (Å²) in [6.07, 6.45) is 0. The second-order valence-electron chi connectivity index (χ2n) is 4.95. The topological polar surface area (TPSA) is 27.0 Å². The van der Waals surface area contributed by atoms with E-state index in [1.165, 1.54) is 11.1 Å². The fourth-order valence-electron chi connectivity index (χ4n) is 2.07. The monoisotopic (exact) mass is 250 g/mol. The van der Waals surface area contributed by atoms with Gasteiger partial charge < -0.3 is 4.90 Å². The van der Waals surface area contributed by atoms with E-state index in [9.17, 15) is 0 Å². The molecule has 0 radical (unpaired) electrons. The van der Waals surface area contributed by atoms with E-state index < -0.39 is 0 Å². The lowest BCUT2D eigenvalue weighted by Crippen LogP contribution is -2.16. The van der Waals surface area contributed by atoms with E-state index in [0.29, 0.717) is 0 Å². The summed E-state index contributed by atoms with van der Waals surface area (Å²) < 4.78 is 0. The Morgan fingerprint density at radius 3 is 2.32 bits per heavy atom. The number of nitriles is 1. The SMILES string of the molecule is Cc1ccc(CN(C)c2ccc(C#N)c(C)c2)cc1. The predicted octanol–water partition coefficient (Wildman–Crippen LogP) is 3.81. The molecule has 19 heavy (non-hydrogen) atoms. The van der Waals surface area contributed by atoms with E-state index in [1.807, 2.05) is 19.1 Å². The van der Waals surface area contributed by atoms with E-state index in [4.69, 9.17) is 5.26 Å². The van der Waals surface area contributed by atoms with Gasteiger partial charge in [0.15, 0.2) is 0 Å². The van der Waals surface area contributed by atoms with Gasteiger partial charge in [-0.3, -0.25) is 0 Å². The van der Waals surface area contributed by atoms with Crippen LogP contribution in [0.25, 0.3) is 0 Å². The lowest BCUT2D eigenvalue weighted by atomic mass is 10.1. The lowest BCUT2D eigenvalue weighted by Gasteiger charge is -2.20. The van der Waals surface area contributed by atoms with Crippen molar-refractivity contribution < 1.29 is 0 Å². The van der Waals surface area contributed by atoms with Crippen molar-refractivity contribution in [3.8, 4) is 6.07 Å². The van der Waals surface area contributed by atoms with Gasteiger partial charge >= 0.3 is 0 Å². The number of nitrogens with zero attached hydrogens (tertiary/aromatic N) is 2. The first-order chi connectivity index (χ1) is 9.10. The van der Waals surface area contributed by atoms with Crippen LogP contribution >= 0.6 is 0 Å². The van der Waals surface area contributed by atoms with Gasteiger partial charge in [0, 0.05) is 19.3 Å². The second kappa shape index (κ2) is 5.58. The molecular weight excluding hydrogens is 232 g/mol. The van der Waals surface area contributed by atoms with Gasteiger partial charge in [-0.05, 0) is 43.2 Å². The fourth-order valence-corrected chi connectivity index (χ4v) is 2.07. The molecule has 96 valence electrons. The third-order valence-corrected chi connectivity index (χ3v) is 3.31. The summed E-state index contributed by atoms with van der Waals surface area (Å²) in [6, 6.07) is 16.7. The zero-order valence-corrected chi connectivity index (χ0v) is 11.6. The van der Waals surface area contributed by atoms with E-state index >= 15 is 0 Å². The van der Waals surface area contributed by atoms with Crippen molar-refractivity contribution in [2.45, 2.75) is 20.4 Å². The molecule has 0 aliphatic carbocycles. The molecule has 0 aliphatic rings. The minimum atomic E-state index is 0.743.